The molecule has 0 radical (unpaired) electrons. The molecule has 1 aromatic rings. The van der Waals surface area contributed by atoms with E-state index in [1.165, 1.54) is 0 Å². The molecular formula is C13H19N3OS. The minimum Gasteiger partial charge on any atom is -0.399 e. The molecule has 1 aromatic carbocycles. The van der Waals surface area contributed by atoms with Crippen LogP contribution in [0.5, 0.6) is 0 Å². The molecule has 1 fully saturated rings. The van der Waals surface area contributed by atoms with Crippen LogP contribution in [0.2, 0.25) is 0 Å². The Morgan fingerprint density at radius 1 is 1.28 bits per heavy atom. The summed E-state index contributed by atoms with van der Waals surface area (Å²) in [7, 11) is 0. The van der Waals surface area contributed by atoms with E-state index in [4.69, 9.17) is 5.73 Å². The molecule has 2 amide bonds. The maximum atomic E-state index is 12.2. The van der Waals surface area contributed by atoms with Crippen LogP contribution in [0.15, 0.2) is 24.3 Å². The van der Waals surface area contributed by atoms with Crippen molar-refractivity contribution in [2.24, 2.45) is 0 Å². The SMILES string of the molecule is CCSCCN1CCN(c2ccc(N)cc2)C1=O. The predicted molar refractivity (Wildman–Crippen MR) is 78.2 cm³/mol. The van der Waals surface area contributed by atoms with E-state index < -0.39 is 0 Å². The van der Waals surface area contributed by atoms with Crippen LogP contribution in [-0.2, 0) is 0 Å². The summed E-state index contributed by atoms with van der Waals surface area (Å²) < 4.78 is 0. The lowest BCUT2D eigenvalue weighted by Crippen LogP contribution is -2.33. The standard InChI is InChI=1S/C13H19N3OS/c1-2-18-10-9-15-7-8-16(13(15)17)12-5-3-11(14)4-6-12/h3-6H,2,7-10,14H2,1H3. The maximum absolute atomic E-state index is 12.2. The molecule has 0 unspecified atom stereocenters. The van der Waals surface area contributed by atoms with Crippen LogP contribution in [0.1, 0.15) is 6.92 Å². The molecule has 0 atom stereocenters. The van der Waals surface area contributed by atoms with Gasteiger partial charge in [-0.25, -0.2) is 4.79 Å². The molecule has 18 heavy (non-hydrogen) atoms. The summed E-state index contributed by atoms with van der Waals surface area (Å²) in [6.45, 7) is 4.55. The van der Waals surface area contributed by atoms with Crippen LogP contribution in [0, 0.1) is 0 Å². The van der Waals surface area contributed by atoms with Crippen molar-refractivity contribution in [2.45, 2.75) is 6.92 Å². The monoisotopic (exact) mass is 265 g/mol. The number of carbonyl (C=O) groups is 1. The minimum absolute atomic E-state index is 0.108. The van der Waals surface area contributed by atoms with Gasteiger partial charge in [-0.3, -0.25) is 4.90 Å². The Labute approximate surface area is 112 Å². The lowest BCUT2D eigenvalue weighted by atomic mass is 10.2. The highest BCUT2D eigenvalue weighted by molar-refractivity contribution is 7.99. The van der Waals surface area contributed by atoms with Gasteiger partial charge in [0, 0.05) is 36.8 Å². The number of nitrogens with two attached hydrogens (primary N) is 1. The molecule has 1 aliphatic heterocycles. The molecule has 0 bridgehead atoms. The van der Waals surface area contributed by atoms with E-state index in [0.717, 1.165) is 42.5 Å². The van der Waals surface area contributed by atoms with Crippen molar-refractivity contribution in [3.05, 3.63) is 24.3 Å². The first-order valence-corrected chi connectivity index (χ1v) is 7.37. The van der Waals surface area contributed by atoms with Gasteiger partial charge in [0.2, 0.25) is 0 Å². The molecule has 0 spiro atoms. The fourth-order valence-electron chi connectivity index (χ4n) is 2.00. The highest BCUT2D eigenvalue weighted by Crippen LogP contribution is 2.21. The van der Waals surface area contributed by atoms with Crippen LogP contribution in [0.4, 0.5) is 16.2 Å². The van der Waals surface area contributed by atoms with Gasteiger partial charge in [0.05, 0.1) is 0 Å². The number of benzene rings is 1. The summed E-state index contributed by atoms with van der Waals surface area (Å²) in [4.78, 5) is 15.9. The molecule has 2 N–H and O–H groups in total. The van der Waals surface area contributed by atoms with Crippen molar-refractivity contribution >= 4 is 29.2 Å². The van der Waals surface area contributed by atoms with Crippen molar-refractivity contribution in [2.75, 3.05) is 41.8 Å². The highest BCUT2D eigenvalue weighted by Gasteiger charge is 2.28. The number of carbonyl (C=O) groups excluding carboxylic acids is 1. The molecule has 5 heteroatoms. The molecule has 1 aliphatic rings. The Morgan fingerprint density at radius 3 is 2.67 bits per heavy atom. The number of nitrogens with zero attached hydrogens (tertiary/aromatic N) is 2. The van der Waals surface area contributed by atoms with Crippen LogP contribution in [0.25, 0.3) is 0 Å². The lowest BCUT2D eigenvalue weighted by molar-refractivity contribution is 0.223. The average Bonchev–Trinajstić information content (AvgIpc) is 2.73. The summed E-state index contributed by atoms with van der Waals surface area (Å²) in [5.41, 5.74) is 7.31. The number of hydrogen-bond donors (Lipinski definition) is 1. The van der Waals surface area contributed by atoms with E-state index in [-0.39, 0.29) is 6.03 Å². The van der Waals surface area contributed by atoms with Gasteiger partial charge in [-0.2, -0.15) is 11.8 Å². The third kappa shape index (κ3) is 2.90. The number of nitrogen functional groups attached to an aromatic ring is 1. The van der Waals surface area contributed by atoms with Gasteiger partial charge in [0.25, 0.3) is 0 Å². The second-order valence-electron chi connectivity index (χ2n) is 4.21. The molecule has 0 aromatic heterocycles. The molecule has 0 saturated carbocycles. The molecule has 4 nitrogen and oxygen atoms in total. The largest absolute Gasteiger partial charge is 0.399 e. The van der Waals surface area contributed by atoms with Gasteiger partial charge < -0.3 is 10.6 Å². The van der Waals surface area contributed by atoms with Gasteiger partial charge in [-0.15, -0.1) is 0 Å². The maximum Gasteiger partial charge on any atom is 0.324 e. The second kappa shape index (κ2) is 6.00. The minimum atomic E-state index is 0.108. The van der Waals surface area contributed by atoms with Crippen molar-refractivity contribution < 1.29 is 4.79 Å². The second-order valence-corrected chi connectivity index (χ2v) is 5.60. The molecule has 2 rings (SSSR count). The van der Waals surface area contributed by atoms with Gasteiger partial charge in [-0.1, -0.05) is 6.92 Å². The Balaban J connectivity index is 1.96. The van der Waals surface area contributed by atoms with E-state index in [1.807, 2.05) is 45.8 Å². The molecule has 1 heterocycles. The van der Waals surface area contributed by atoms with E-state index >= 15 is 0 Å². The Hall–Kier alpha value is -1.36. The quantitative estimate of drug-likeness (QED) is 0.656. The van der Waals surface area contributed by atoms with Crippen LogP contribution in [0.3, 0.4) is 0 Å². The summed E-state index contributed by atoms with van der Waals surface area (Å²) >= 11 is 1.87. The first-order chi connectivity index (χ1) is 8.72. The van der Waals surface area contributed by atoms with E-state index in [2.05, 4.69) is 6.92 Å². The smallest absolute Gasteiger partial charge is 0.324 e. The number of hydrogen-bond acceptors (Lipinski definition) is 3. The third-order valence-corrected chi connectivity index (χ3v) is 3.89. The fourth-order valence-corrected chi connectivity index (χ4v) is 2.64. The van der Waals surface area contributed by atoms with Gasteiger partial charge >= 0.3 is 6.03 Å². The van der Waals surface area contributed by atoms with E-state index in [1.54, 1.807) is 0 Å². The molecule has 0 aliphatic carbocycles. The van der Waals surface area contributed by atoms with Crippen molar-refractivity contribution in [1.82, 2.24) is 4.90 Å². The van der Waals surface area contributed by atoms with Gasteiger partial charge in [-0.05, 0) is 30.0 Å². The summed E-state index contributed by atoms with van der Waals surface area (Å²) in [5.74, 6) is 2.11. The zero-order chi connectivity index (χ0) is 13.0. The highest BCUT2D eigenvalue weighted by atomic mass is 32.2. The zero-order valence-electron chi connectivity index (χ0n) is 10.6. The lowest BCUT2D eigenvalue weighted by Gasteiger charge is -2.18. The fraction of sp³-hybridized carbons (Fsp3) is 0.462. The van der Waals surface area contributed by atoms with Crippen molar-refractivity contribution in [1.29, 1.82) is 0 Å². The normalized spacial score (nSPS) is 15.5. The van der Waals surface area contributed by atoms with Crippen LogP contribution >= 0.6 is 11.8 Å². The zero-order valence-corrected chi connectivity index (χ0v) is 11.4. The van der Waals surface area contributed by atoms with Crippen molar-refractivity contribution in [3.63, 3.8) is 0 Å². The molecular weight excluding hydrogens is 246 g/mol. The van der Waals surface area contributed by atoms with E-state index in [9.17, 15) is 4.79 Å². The molecule has 98 valence electrons. The first kappa shape index (κ1) is 13.1. The topological polar surface area (TPSA) is 49.6 Å². The van der Waals surface area contributed by atoms with Gasteiger partial charge in [0.1, 0.15) is 0 Å². The molecule has 1 saturated heterocycles. The Morgan fingerprint density at radius 2 is 2.00 bits per heavy atom. The number of urea groups is 1. The number of anilines is 2. The van der Waals surface area contributed by atoms with E-state index in [0.29, 0.717) is 0 Å². The van der Waals surface area contributed by atoms with Crippen LogP contribution < -0.4 is 10.6 Å². The summed E-state index contributed by atoms with van der Waals surface area (Å²) in [6, 6.07) is 7.57. The van der Waals surface area contributed by atoms with Crippen LogP contribution in [-0.4, -0.2) is 42.1 Å². The van der Waals surface area contributed by atoms with Gasteiger partial charge in [0.15, 0.2) is 0 Å². The Kier molecular flexibility index (Phi) is 4.36. The number of amides is 2. The summed E-state index contributed by atoms with van der Waals surface area (Å²) in [5, 5.41) is 0. The van der Waals surface area contributed by atoms with Crippen molar-refractivity contribution in [3.8, 4) is 0 Å². The number of thioether (sulfide) groups is 1. The Bertz CT molecular complexity index is 407. The number of rotatable bonds is 5. The summed E-state index contributed by atoms with van der Waals surface area (Å²) in [6.07, 6.45) is 0. The third-order valence-electron chi connectivity index (χ3n) is 3.01. The average molecular weight is 265 g/mol. The predicted octanol–water partition coefficient (Wildman–Crippen LogP) is 2.26. The first-order valence-electron chi connectivity index (χ1n) is 6.22.